The number of aromatic nitrogens is 1. The van der Waals surface area contributed by atoms with Crippen molar-refractivity contribution in [2.45, 2.75) is 6.42 Å². The molecule has 0 unspecified atom stereocenters. The van der Waals surface area contributed by atoms with Crippen LogP contribution in [0.15, 0.2) is 57.7 Å². The van der Waals surface area contributed by atoms with Crippen molar-refractivity contribution in [3.05, 3.63) is 64.5 Å². The Balaban J connectivity index is 1.59. The van der Waals surface area contributed by atoms with Gasteiger partial charge in [0.2, 0.25) is 0 Å². The van der Waals surface area contributed by atoms with Crippen LogP contribution in [0.25, 0.3) is 11.1 Å². The van der Waals surface area contributed by atoms with Gasteiger partial charge in [-0.1, -0.05) is 28.1 Å². The summed E-state index contributed by atoms with van der Waals surface area (Å²) >= 11 is 3.36. The first kappa shape index (κ1) is 13.8. The van der Waals surface area contributed by atoms with Gasteiger partial charge in [0.05, 0.1) is 0 Å². The molecule has 0 atom stereocenters. The fourth-order valence-corrected chi connectivity index (χ4v) is 2.51. The molecule has 5 heteroatoms. The molecular formula is C16H13BrN2O2. The van der Waals surface area contributed by atoms with Gasteiger partial charge in [-0.3, -0.25) is 4.79 Å². The maximum absolute atomic E-state index is 12.0. The van der Waals surface area contributed by atoms with Crippen molar-refractivity contribution in [3.8, 4) is 0 Å². The largest absolute Gasteiger partial charge is 0.443 e. The van der Waals surface area contributed by atoms with Crippen LogP contribution in [0.3, 0.4) is 0 Å². The molecule has 2 aromatic carbocycles. The second-order valence-electron chi connectivity index (χ2n) is 4.67. The van der Waals surface area contributed by atoms with Crippen LogP contribution in [-0.4, -0.2) is 17.4 Å². The third-order valence-electron chi connectivity index (χ3n) is 3.18. The van der Waals surface area contributed by atoms with Gasteiger partial charge < -0.3 is 9.73 Å². The number of halogens is 1. The molecule has 0 saturated carbocycles. The van der Waals surface area contributed by atoms with Crippen LogP contribution < -0.4 is 5.32 Å². The zero-order valence-electron chi connectivity index (χ0n) is 11.2. The van der Waals surface area contributed by atoms with Crippen LogP contribution >= 0.6 is 15.9 Å². The van der Waals surface area contributed by atoms with Crippen LogP contribution in [0.2, 0.25) is 0 Å². The molecule has 0 spiro atoms. The van der Waals surface area contributed by atoms with Crippen LogP contribution in [0.4, 0.5) is 0 Å². The Morgan fingerprint density at radius 1 is 1.24 bits per heavy atom. The molecule has 0 saturated heterocycles. The Bertz CT molecular complexity index is 783. The number of nitrogens with zero attached hydrogens (tertiary/aromatic N) is 1. The maximum atomic E-state index is 12.0. The molecule has 3 rings (SSSR count). The lowest BCUT2D eigenvalue weighted by molar-refractivity contribution is 0.0954. The molecule has 0 fully saturated rings. The lowest BCUT2D eigenvalue weighted by Gasteiger charge is -2.05. The molecule has 1 amide bonds. The summed E-state index contributed by atoms with van der Waals surface area (Å²) < 4.78 is 6.16. The van der Waals surface area contributed by atoms with Gasteiger partial charge in [-0.25, -0.2) is 4.98 Å². The number of amides is 1. The summed E-state index contributed by atoms with van der Waals surface area (Å²) in [7, 11) is 0. The van der Waals surface area contributed by atoms with Gasteiger partial charge in [-0.15, -0.1) is 0 Å². The topological polar surface area (TPSA) is 55.1 Å². The molecule has 0 radical (unpaired) electrons. The first-order chi connectivity index (χ1) is 10.2. The fourth-order valence-electron chi connectivity index (χ4n) is 2.11. The van der Waals surface area contributed by atoms with E-state index in [2.05, 4.69) is 26.2 Å². The summed E-state index contributed by atoms with van der Waals surface area (Å²) in [5, 5.41) is 2.91. The number of hydrogen-bond donors (Lipinski definition) is 1. The Morgan fingerprint density at radius 3 is 3.00 bits per heavy atom. The van der Waals surface area contributed by atoms with Crippen LogP contribution in [0.1, 0.15) is 15.9 Å². The lowest BCUT2D eigenvalue weighted by atomic mass is 10.1. The highest BCUT2D eigenvalue weighted by Crippen LogP contribution is 2.14. The van der Waals surface area contributed by atoms with Crippen molar-refractivity contribution in [1.29, 1.82) is 0 Å². The Morgan fingerprint density at radius 2 is 2.14 bits per heavy atom. The average Bonchev–Trinajstić information content (AvgIpc) is 2.94. The van der Waals surface area contributed by atoms with Crippen molar-refractivity contribution < 1.29 is 9.21 Å². The molecule has 3 aromatic rings. The van der Waals surface area contributed by atoms with Crippen LogP contribution in [0, 0.1) is 0 Å². The highest BCUT2D eigenvalue weighted by atomic mass is 79.9. The molecule has 0 aliphatic carbocycles. The molecule has 0 aliphatic heterocycles. The van der Waals surface area contributed by atoms with E-state index in [0.717, 1.165) is 27.6 Å². The monoisotopic (exact) mass is 344 g/mol. The molecule has 1 aromatic heterocycles. The summed E-state index contributed by atoms with van der Waals surface area (Å²) in [6.45, 7) is 0.574. The van der Waals surface area contributed by atoms with Crippen molar-refractivity contribution >= 4 is 32.9 Å². The van der Waals surface area contributed by atoms with E-state index in [1.807, 2.05) is 30.3 Å². The number of carbonyl (C=O) groups excluding carboxylic acids is 1. The quantitative estimate of drug-likeness (QED) is 0.787. The average molecular weight is 345 g/mol. The van der Waals surface area contributed by atoms with Crippen molar-refractivity contribution in [1.82, 2.24) is 10.3 Å². The second-order valence-corrected chi connectivity index (χ2v) is 5.59. The summed E-state index contributed by atoms with van der Waals surface area (Å²) in [6, 6.07) is 13.2. The third-order valence-corrected chi connectivity index (χ3v) is 3.67. The SMILES string of the molecule is O=C(NCCc1ccc2ncoc2c1)c1cccc(Br)c1. The van der Waals surface area contributed by atoms with Crippen molar-refractivity contribution in [2.24, 2.45) is 0 Å². The van der Waals surface area contributed by atoms with Crippen molar-refractivity contribution in [3.63, 3.8) is 0 Å². The summed E-state index contributed by atoms with van der Waals surface area (Å²) in [5.74, 6) is -0.0722. The van der Waals surface area contributed by atoms with Gasteiger partial charge in [0.25, 0.3) is 5.91 Å². The molecular weight excluding hydrogens is 332 g/mol. The Labute approximate surface area is 130 Å². The molecule has 0 bridgehead atoms. The number of carbonyl (C=O) groups is 1. The van der Waals surface area contributed by atoms with Crippen LogP contribution in [0.5, 0.6) is 0 Å². The van der Waals surface area contributed by atoms with Gasteiger partial charge in [-0.2, -0.15) is 0 Å². The summed E-state index contributed by atoms with van der Waals surface area (Å²) in [6.07, 6.45) is 2.18. The zero-order valence-corrected chi connectivity index (χ0v) is 12.8. The predicted molar refractivity (Wildman–Crippen MR) is 84.2 cm³/mol. The summed E-state index contributed by atoms with van der Waals surface area (Å²) in [5.41, 5.74) is 3.37. The first-order valence-electron chi connectivity index (χ1n) is 6.58. The number of hydrogen-bond acceptors (Lipinski definition) is 3. The Hall–Kier alpha value is -2.14. The third kappa shape index (κ3) is 3.31. The first-order valence-corrected chi connectivity index (χ1v) is 7.37. The molecule has 4 nitrogen and oxygen atoms in total. The number of fused-ring (bicyclic) bond motifs is 1. The zero-order chi connectivity index (χ0) is 14.7. The Kier molecular flexibility index (Phi) is 4.01. The predicted octanol–water partition coefficient (Wildman–Crippen LogP) is 3.56. The van der Waals surface area contributed by atoms with E-state index >= 15 is 0 Å². The second kappa shape index (κ2) is 6.10. The molecule has 106 valence electrons. The van der Waals surface area contributed by atoms with E-state index < -0.39 is 0 Å². The molecule has 1 heterocycles. The van der Waals surface area contributed by atoms with Crippen molar-refractivity contribution in [2.75, 3.05) is 6.54 Å². The normalized spacial score (nSPS) is 10.7. The minimum absolute atomic E-state index is 0.0722. The van der Waals surface area contributed by atoms with Crippen LogP contribution in [-0.2, 0) is 6.42 Å². The van der Waals surface area contributed by atoms with E-state index in [1.165, 1.54) is 6.39 Å². The van der Waals surface area contributed by atoms with Gasteiger partial charge >= 0.3 is 0 Å². The number of rotatable bonds is 4. The van der Waals surface area contributed by atoms with Gasteiger partial charge in [0.15, 0.2) is 12.0 Å². The highest BCUT2D eigenvalue weighted by Gasteiger charge is 2.05. The van der Waals surface area contributed by atoms with Gasteiger partial charge in [-0.05, 0) is 42.3 Å². The van der Waals surface area contributed by atoms with E-state index in [-0.39, 0.29) is 5.91 Å². The standard InChI is InChI=1S/C16H13BrN2O2/c17-13-3-1-2-12(9-13)16(20)18-7-6-11-4-5-14-15(8-11)21-10-19-14/h1-5,8-10H,6-7H2,(H,18,20). The van der Waals surface area contributed by atoms with E-state index in [1.54, 1.807) is 12.1 Å². The minimum atomic E-state index is -0.0722. The maximum Gasteiger partial charge on any atom is 0.251 e. The van der Waals surface area contributed by atoms with E-state index in [9.17, 15) is 4.79 Å². The fraction of sp³-hybridized carbons (Fsp3) is 0.125. The highest BCUT2D eigenvalue weighted by molar-refractivity contribution is 9.10. The summed E-state index contributed by atoms with van der Waals surface area (Å²) in [4.78, 5) is 16.1. The number of benzene rings is 2. The van der Waals surface area contributed by atoms with E-state index in [0.29, 0.717) is 12.1 Å². The molecule has 1 N–H and O–H groups in total. The number of oxazole rings is 1. The molecule has 0 aliphatic rings. The smallest absolute Gasteiger partial charge is 0.251 e. The van der Waals surface area contributed by atoms with E-state index in [4.69, 9.17) is 4.42 Å². The number of nitrogens with one attached hydrogen (secondary N) is 1. The molecule has 21 heavy (non-hydrogen) atoms. The lowest BCUT2D eigenvalue weighted by Crippen LogP contribution is -2.25. The minimum Gasteiger partial charge on any atom is -0.443 e. The van der Waals surface area contributed by atoms with Gasteiger partial charge in [0, 0.05) is 16.6 Å². The van der Waals surface area contributed by atoms with Gasteiger partial charge in [0.1, 0.15) is 5.52 Å².